The molecule has 0 bridgehead atoms. The average molecular weight is 243 g/mol. The summed E-state index contributed by atoms with van der Waals surface area (Å²) in [6, 6.07) is 0. The maximum atomic E-state index is 3.44. The first kappa shape index (κ1) is 13.1. The summed E-state index contributed by atoms with van der Waals surface area (Å²) in [6.07, 6.45) is 8.05. The summed E-state index contributed by atoms with van der Waals surface area (Å²) in [6.45, 7) is 6.54. The second kappa shape index (κ2) is 6.51. The van der Waals surface area contributed by atoms with Crippen LogP contribution < -0.4 is 5.32 Å². The normalized spacial score (nSPS) is 32.5. The Morgan fingerprint density at radius 1 is 1.25 bits per heavy atom. The molecule has 0 amide bonds. The fraction of sp³-hybridized carbons (Fsp3) is 0.900. The van der Waals surface area contributed by atoms with E-state index in [9.17, 15) is 0 Å². The van der Waals surface area contributed by atoms with Gasteiger partial charge >= 0.3 is 0 Å². The maximum Gasteiger partial charge on any atom is 0 e. The summed E-state index contributed by atoms with van der Waals surface area (Å²) >= 11 is 0. The minimum atomic E-state index is 0. The molecular weight excluding hydrogens is 223 g/mol. The van der Waals surface area contributed by atoms with Crippen molar-refractivity contribution in [3.05, 3.63) is 6.42 Å². The molecule has 1 radical (unpaired) electrons. The topological polar surface area (TPSA) is 12.0 Å². The van der Waals surface area contributed by atoms with Gasteiger partial charge in [-0.1, -0.05) is 20.3 Å². The molecule has 1 heterocycles. The van der Waals surface area contributed by atoms with Crippen LogP contribution in [0.3, 0.4) is 0 Å². The Balaban J connectivity index is 0.000000378. The Bertz CT molecular complexity index is 84.9. The van der Waals surface area contributed by atoms with Crippen LogP contribution in [-0.2, 0) is 32.7 Å². The molecule has 2 fully saturated rings. The van der Waals surface area contributed by atoms with Crippen molar-refractivity contribution in [3.8, 4) is 0 Å². The van der Waals surface area contributed by atoms with Gasteiger partial charge in [-0.25, -0.2) is 0 Å². The fourth-order valence-electron chi connectivity index (χ4n) is 2.10. The molecule has 1 nitrogen and oxygen atoms in total. The van der Waals surface area contributed by atoms with E-state index in [0.29, 0.717) is 0 Å². The molecule has 69 valence electrons. The van der Waals surface area contributed by atoms with Gasteiger partial charge in [0.15, 0.2) is 0 Å². The Morgan fingerprint density at radius 3 is 2.42 bits per heavy atom. The van der Waals surface area contributed by atoms with Gasteiger partial charge in [-0.05, 0) is 24.9 Å². The van der Waals surface area contributed by atoms with Gasteiger partial charge in [0.1, 0.15) is 0 Å². The third kappa shape index (κ3) is 3.08. The van der Waals surface area contributed by atoms with Crippen LogP contribution >= 0.6 is 0 Å². The smallest absolute Gasteiger partial charge is 0 e. The predicted octanol–water partition coefficient (Wildman–Crippen LogP) is 2.38. The number of rotatable bonds is 0. The van der Waals surface area contributed by atoms with E-state index >= 15 is 0 Å². The predicted molar refractivity (Wildman–Crippen MR) is 49.4 cm³/mol. The standard InChI is InChI=1S/C8H14N.C2H6.Y/c1-2-4-8(3-1)5-6-9-7-8;1-2;/h1,9H,2-7H2;1-2H3;/q-1;;. The van der Waals surface area contributed by atoms with E-state index in [1.807, 2.05) is 13.8 Å². The van der Waals surface area contributed by atoms with Crippen LogP contribution in [0.5, 0.6) is 0 Å². The average Bonchev–Trinajstić information content (AvgIpc) is 2.69. The Morgan fingerprint density at radius 2 is 2.00 bits per heavy atom. The number of nitrogens with one attached hydrogen (secondary N) is 1. The van der Waals surface area contributed by atoms with Crippen LogP contribution in [0, 0.1) is 11.8 Å². The van der Waals surface area contributed by atoms with Crippen molar-refractivity contribution in [3.63, 3.8) is 0 Å². The zero-order chi connectivity index (χ0) is 8.16. The monoisotopic (exact) mass is 243 g/mol. The Hall–Kier alpha value is 1.06. The molecule has 2 aliphatic rings. The molecular formula is C10H20NY-. The van der Waals surface area contributed by atoms with Crippen LogP contribution in [-0.4, -0.2) is 13.1 Å². The third-order valence-corrected chi connectivity index (χ3v) is 2.79. The number of hydrogen-bond acceptors (Lipinski definition) is 1. The summed E-state index contributed by atoms with van der Waals surface area (Å²) in [4.78, 5) is 0. The molecule has 1 aliphatic heterocycles. The van der Waals surface area contributed by atoms with Crippen molar-refractivity contribution in [1.82, 2.24) is 5.32 Å². The third-order valence-electron chi connectivity index (χ3n) is 2.79. The second-order valence-electron chi connectivity index (χ2n) is 3.46. The molecule has 1 spiro atoms. The molecule has 2 heteroatoms. The first-order valence-electron chi connectivity index (χ1n) is 4.94. The molecule has 1 saturated heterocycles. The fourth-order valence-corrected chi connectivity index (χ4v) is 2.10. The van der Waals surface area contributed by atoms with Crippen molar-refractivity contribution >= 4 is 0 Å². The maximum absolute atomic E-state index is 3.44. The second-order valence-corrected chi connectivity index (χ2v) is 3.46. The van der Waals surface area contributed by atoms with Gasteiger partial charge in [0.2, 0.25) is 0 Å². The van der Waals surface area contributed by atoms with E-state index in [2.05, 4.69) is 11.7 Å². The molecule has 0 aromatic carbocycles. The van der Waals surface area contributed by atoms with Crippen molar-refractivity contribution in [1.29, 1.82) is 0 Å². The summed E-state index contributed by atoms with van der Waals surface area (Å²) in [7, 11) is 0. The van der Waals surface area contributed by atoms with Gasteiger partial charge in [0, 0.05) is 32.7 Å². The van der Waals surface area contributed by atoms with E-state index in [1.165, 1.54) is 38.8 Å². The molecule has 1 N–H and O–H groups in total. The molecule has 2 rings (SSSR count). The minimum absolute atomic E-state index is 0. The van der Waals surface area contributed by atoms with E-state index in [0.717, 1.165) is 5.41 Å². The molecule has 0 aromatic rings. The van der Waals surface area contributed by atoms with Gasteiger partial charge < -0.3 is 11.7 Å². The van der Waals surface area contributed by atoms with Gasteiger partial charge in [-0.3, -0.25) is 0 Å². The number of hydrogen-bond donors (Lipinski definition) is 1. The molecule has 1 saturated carbocycles. The van der Waals surface area contributed by atoms with Crippen LogP contribution in [0.15, 0.2) is 0 Å². The van der Waals surface area contributed by atoms with Crippen molar-refractivity contribution in [2.75, 3.05) is 13.1 Å². The molecule has 1 aliphatic carbocycles. The van der Waals surface area contributed by atoms with Gasteiger partial charge in [-0.2, -0.15) is 12.8 Å². The minimum Gasteiger partial charge on any atom is -0.328 e. The Kier molecular flexibility index (Phi) is 7.08. The van der Waals surface area contributed by atoms with Gasteiger partial charge in [0.25, 0.3) is 0 Å². The van der Waals surface area contributed by atoms with Crippen molar-refractivity contribution in [2.45, 2.75) is 39.5 Å². The van der Waals surface area contributed by atoms with Crippen LogP contribution in [0.2, 0.25) is 0 Å². The molecule has 1 unspecified atom stereocenters. The SMILES string of the molecule is CC.[CH-]1CCC2(C1)CCNC2.[Y]. The molecule has 12 heavy (non-hydrogen) atoms. The van der Waals surface area contributed by atoms with Crippen molar-refractivity contribution < 1.29 is 32.7 Å². The van der Waals surface area contributed by atoms with Crippen LogP contribution in [0.1, 0.15) is 39.5 Å². The van der Waals surface area contributed by atoms with E-state index in [1.54, 1.807) is 0 Å². The van der Waals surface area contributed by atoms with Crippen LogP contribution in [0.25, 0.3) is 0 Å². The van der Waals surface area contributed by atoms with Crippen LogP contribution in [0.4, 0.5) is 0 Å². The van der Waals surface area contributed by atoms with Gasteiger partial charge in [-0.15, -0.1) is 0 Å². The summed E-state index contributed by atoms with van der Waals surface area (Å²) < 4.78 is 0. The Labute approximate surface area is 102 Å². The van der Waals surface area contributed by atoms with Gasteiger partial charge in [0.05, 0.1) is 0 Å². The molecule has 0 aromatic heterocycles. The van der Waals surface area contributed by atoms with E-state index < -0.39 is 0 Å². The largest absolute Gasteiger partial charge is 0.328 e. The zero-order valence-electron chi connectivity index (χ0n) is 8.40. The first-order valence-corrected chi connectivity index (χ1v) is 4.94. The zero-order valence-corrected chi connectivity index (χ0v) is 11.2. The summed E-state index contributed by atoms with van der Waals surface area (Å²) in [5, 5.41) is 3.44. The van der Waals surface area contributed by atoms with E-state index in [4.69, 9.17) is 0 Å². The summed E-state index contributed by atoms with van der Waals surface area (Å²) in [5.74, 6) is 0. The van der Waals surface area contributed by atoms with E-state index in [-0.39, 0.29) is 32.7 Å². The van der Waals surface area contributed by atoms with Crippen molar-refractivity contribution in [2.24, 2.45) is 5.41 Å². The quantitative estimate of drug-likeness (QED) is 0.644. The summed E-state index contributed by atoms with van der Waals surface area (Å²) in [5.41, 5.74) is 0.722. The first-order chi connectivity index (χ1) is 5.41. The molecule has 1 atom stereocenters.